The summed E-state index contributed by atoms with van der Waals surface area (Å²) in [6, 6.07) is 40.0. The van der Waals surface area contributed by atoms with Crippen molar-refractivity contribution in [1.29, 1.82) is 0 Å². The fraction of sp³-hybridized carbons (Fsp3) is 0.209. The van der Waals surface area contributed by atoms with E-state index in [2.05, 4.69) is 24.3 Å². The van der Waals surface area contributed by atoms with E-state index in [1.54, 1.807) is 36.4 Å². The van der Waals surface area contributed by atoms with Crippen LogP contribution in [0.3, 0.4) is 0 Å². The molecule has 6 heteroatoms. The fourth-order valence-electron chi connectivity index (χ4n) is 8.15. The molecule has 1 aliphatic heterocycles. The molecule has 0 aromatic heterocycles. The van der Waals surface area contributed by atoms with Crippen molar-refractivity contribution in [2.24, 2.45) is 11.8 Å². The molecule has 2 amide bonds. The molecule has 0 N–H and O–H groups in total. The predicted molar refractivity (Wildman–Crippen MR) is 187 cm³/mol. The molecular formula is C43H35NO5. The molecule has 3 atom stereocenters. The molecule has 1 fully saturated rings. The van der Waals surface area contributed by atoms with Gasteiger partial charge in [0, 0.05) is 17.4 Å². The third kappa shape index (κ3) is 5.10. The number of anilines is 1. The molecule has 0 saturated carbocycles. The molecule has 9 rings (SSSR count). The van der Waals surface area contributed by atoms with Gasteiger partial charge >= 0.3 is 5.97 Å². The number of esters is 1. The van der Waals surface area contributed by atoms with Crippen LogP contribution in [0.2, 0.25) is 0 Å². The van der Waals surface area contributed by atoms with Crippen LogP contribution in [0.1, 0.15) is 81.0 Å². The standard InChI is InChI=1S/C43H35NO5/c1-2-3-17-35(40(45)28-20-18-27(19-21-28)26-11-5-4-6-12-26)49-43(48)29-22-24-30(25-23-29)44-41(46)38-36-31-13-7-8-14-32(31)37(39(38)42(44)47)34-16-10-9-15-33(34)36/h4-16,18-25,35-39H,2-3,17H2,1H3/t35-,36?,37?,38-,39+/m1/s1. The summed E-state index contributed by atoms with van der Waals surface area (Å²) in [7, 11) is 0. The Hall–Kier alpha value is -5.62. The second kappa shape index (κ2) is 12.4. The number of hydrogen-bond acceptors (Lipinski definition) is 5. The third-order valence-electron chi connectivity index (χ3n) is 10.4. The first-order chi connectivity index (χ1) is 24.0. The maximum absolute atomic E-state index is 14.1. The molecule has 1 heterocycles. The van der Waals surface area contributed by atoms with Gasteiger partial charge in [0.25, 0.3) is 0 Å². The molecule has 5 aromatic carbocycles. The smallest absolute Gasteiger partial charge is 0.338 e. The van der Waals surface area contributed by atoms with Crippen molar-refractivity contribution < 1.29 is 23.9 Å². The van der Waals surface area contributed by atoms with E-state index < -0.39 is 23.9 Å². The first kappa shape index (κ1) is 30.7. The first-order valence-corrected chi connectivity index (χ1v) is 17.0. The lowest BCUT2D eigenvalue weighted by Gasteiger charge is -2.45. The highest BCUT2D eigenvalue weighted by molar-refractivity contribution is 6.23. The minimum atomic E-state index is -0.932. The van der Waals surface area contributed by atoms with Crippen LogP contribution in [-0.4, -0.2) is 29.7 Å². The monoisotopic (exact) mass is 645 g/mol. The van der Waals surface area contributed by atoms with Crippen LogP contribution in [0.15, 0.2) is 127 Å². The molecule has 49 heavy (non-hydrogen) atoms. The van der Waals surface area contributed by atoms with Crippen molar-refractivity contribution in [2.75, 3.05) is 4.90 Å². The zero-order chi connectivity index (χ0) is 33.6. The number of carbonyl (C=O) groups is 4. The Bertz CT molecular complexity index is 1970. The second-order valence-corrected chi connectivity index (χ2v) is 13.2. The average molecular weight is 646 g/mol. The summed E-state index contributed by atoms with van der Waals surface area (Å²) < 4.78 is 5.83. The lowest BCUT2D eigenvalue weighted by molar-refractivity contribution is -0.122. The zero-order valence-corrected chi connectivity index (χ0v) is 27.1. The third-order valence-corrected chi connectivity index (χ3v) is 10.4. The topological polar surface area (TPSA) is 80.8 Å². The van der Waals surface area contributed by atoms with Gasteiger partial charge in [-0.1, -0.05) is 116 Å². The van der Waals surface area contributed by atoms with Crippen molar-refractivity contribution in [3.63, 3.8) is 0 Å². The predicted octanol–water partition coefficient (Wildman–Crippen LogP) is 8.35. The highest BCUT2D eigenvalue weighted by Gasteiger charge is 2.61. The molecular weight excluding hydrogens is 610 g/mol. The molecule has 242 valence electrons. The van der Waals surface area contributed by atoms with Crippen molar-refractivity contribution in [2.45, 2.75) is 44.1 Å². The minimum absolute atomic E-state index is 0.190. The number of benzene rings is 5. The van der Waals surface area contributed by atoms with Gasteiger partial charge in [-0.3, -0.25) is 14.4 Å². The number of ether oxygens (including phenoxy) is 1. The highest BCUT2D eigenvalue weighted by Crippen LogP contribution is 2.61. The molecule has 0 spiro atoms. The van der Waals surface area contributed by atoms with E-state index in [-0.39, 0.29) is 35.0 Å². The second-order valence-electron chi connectivity index (χ2n) is 13.2. The van der Waals surface area contributed by atoms with Crippen LogP contribution in [0, 0.1) is 11.8 Å². The summed E-state index contributed by atoms with van der Waals surface area (Å²) in [5, 5.41) is 0. The summed E-state index contributed by atoms with van der Waals surface area (Å²) in [6.45, 7) is 2.02. The lowest BCUT2D eigenvalue weighted by atomic mass is 9.55. The Labute approximate surface area is 285 Å². The van der Waals surface area contributed by atoms with Crippen molar-refractivity contribution in [3.05, 3.63) is 161 Å². The number of rotatable bonds is 9. The SMILES string of the molecule is CCCC[C@@H](OC(=O)c1ccc(N2C(=O)[C@@H]3C4c5ccccc5C(c5ccccc54)[C@@H]3C2=O)cc1)C(=O)c1ccc(-c2ccccc2)cc1. The Balaban J connectivity index is 1.01. The first-order valence-electron chi connectivity index (χ1n) is 17.0. The van der Waals surface area contributed by atoms with Gasteiger partial charge in [0.15, 0.2) is 6.10 Å². The van der Waals surface area contributed by atoms with E-state index in [1.165, 1.54) is 4.90 Å². The Morgan fingerprint density at radius 2 is 1.08 bits per heavy atom. The van der Waals surface area contributed by atoms with Gasteiger partial charge in [0.2, 0.25) is 17.6 Å². The normalized spacial score (nSPS) is 20.7. The molecule has 4 aliphatic rings. The quantitative estimate of drug-likeness (QED) is 0.0915. The van der Waals surface area contributed by atoms with Crippen molar-refractivity contribution in [3.8, 4) is 11.1 Å². The number of hydrogen-bond donors (Lipinski definition) is 0. The van der Waals surface area contributed by atoms with E-state index in [9.17, 15) is 19.2 Å². The van der Waals surface area contributed by atoms with E-state index in [4.69, 9.17) is 4.74 Å². The minimum Gasteiger partial charge on any atom is -0.450 e. The molecule has 0 unspecified atom stereocenters. The summed E-state index contributed by atoms with van der Waals surface area (Å²) in [5.74, 6) is -2.65. The van der Waals surface area contributed by atoms with Crippen LogP contribution in [0.5, 0.6) is 0 Å². The maximum Gasteiger partial charge on any atom is 0.338 e. The van der Waals surface area contributed by atoms with Gasteiger partial charge < -0.3 is 4.74 Å². The van der Waals surface area contributed by atoms with Gasteiger partial charge in [0.05, 0.1) is 23.1 Å². The summed E-state index contributed by atoms with van der Waals surface area (Å²) >= 11 is 0. The van der Waals surface area contributed by atoms with Gasteiger partial charge in [-0.25, -0.2) is 9.69 Å². The van der Waals surface area contributed by atoms with E-state index >= 15 is 0 Å². The van der Waals surface area contributed by atoms with Crippen LogP contribution in [0.25, 0.3) is 11.1 Å². The van der Waals surface area contributed by atoms with Crippen molar-refractivity contribution >= 4 is 29.3 Å². The molecule has 2 bridgehead atoms. The number of amides is 2. The number of imide groups is 1. The van der Waals surface area contributed by atoms with Gasteiger partial charge in [-0.05, 0) is 70.5 Å². The van der Waals surface area contributed by atoms with E-state index in [1.807, 2.05) is 73.7 Å². The molecule has 0 radical (unpaired) electrons. The summed E-state index contributed by atoms with van der Waals surface area (Å²) in [6.07, 6.45) is 1.05. The summed E-state index contributed by atoms with van der Waals surface area (Å²) in [5.41, 5.74) is 7.67. The van der Waals surface area contributed by atoms with Gasteiger partial charge in [-0.2, -0.15) is 0 Å². The molecule has 3 aliphatic carbocycles. The average Bonchev–Trinajstić information content (AvgIpc) is 3.42. The maximum atomic E-state index is 14.1. The van der Waals surface area contributed by atoms with E-state index in [0.717, 1.165) is 46.2 Å². The Morgan fingerprint density at radius 1 is 0.612 bits per heavy atom. The zero-order valence-electron chi connectivity index (χ0n) is 27.1. The molecule has 1 saturated heterocycles. The highest BCUT2D eigenvalue weighted by atomic mass is 16.5. The Kier molecular flexibility index (Phi) is 7.79. The number of nitrogens with zero attached hydrogens (tertiary/aromatic N) is 1. The van der Waals surface area contributed by atoms with Gasteiger partial charge in [-0.15, -0.1) is 0 Å². The van der Waals surface area contributed by atoms with Crippen LogP contribution in [0.4, 0.5) is 5.69 Å². The van der Waals surface area contributed by atoms with Crippen LogP contribution < -0.4 is 4.90 Å². The Morgan fingerprint density at radius 3 is 1.59 bits per heavy atom. The van der Waals surface area contributed by atoms with Crippen LogP contribution in [-0.2, 0) is 14.3 Å². The van der Waals surface area contributed by atoms with Crippen LogP contribution >= 0.6 is 0 Å². The van der Waals surface area contributed by atoms with Crippen molar-refractivity contribution in [1.82, 2.24) is 0 Å². The molecule has 5 aromatic rings. The van der Waals surface area contributed by atoms with Gasteiger partial charge in [0.1, 0.15) is 0 Å². The fourth-order valence-corrected chi connectivity index (χ4v) is 8.15. The lowest BCUT2D eigenvalue weighted by Crippen LogP contribution is -2.41. The largest absolute Gasteiger partial charge is 0.450 e. The number of Topliss-reactive ketones (excluding diaryl/α,β-unsaturated/α-hetero) is 1. The number of ketones is 1. The number of unbranched alkanes of at least 4 members (excludes halogenated alkanes) is 1. The molecule has 6 nitrogen and oxygen atoms in total. The summed E-state index contributed by atoms with van der Waals surface area (Å²) in [4.78, 5) is 56.5. The van der Waals surface area contributed by atoms with E-state index in [0.29, 0.717) is 17.7 Å². The number of carbonyl (C=O) groups excluding carboxylic acids is 4.